The van der Waals surface area contributed by atoms with Gasteiger partial charge in [0.05, 0.1) is 6.61 Å². The van der Waals surface area contributed by atoms with Crippen LogP contribution in [0.4, 0.5) is 0 Å². The lowest BCUT2D eigenvalue weighted by Crippen LogP contribution is -2.50. The van der Waals surface area contributed by atoms with E-state index in [9.17, 15) is 0 Å². The van der Waals surface area contributed by atoms with E-state index in [4.69, 9.17) is 9.47 Å². The van der Waals surface area contributed by atoms with Crippen molar-refractivity contribution in [3.8, 4) is 0 Å². The van der Waals surface area contributed by atoms with Crippen molar-refractivity contribution < 1.29 is 9.47 Å². The van der Waals surface area contributed by atoms with E-state index in [-0.39, 0.29) is 10.8 Å². The summed E-state index contributed by atoms with van der Waals surface area (Å²) < 4.78 is 10.8. The average molecular weight is 289 g/mol. The number of hydrogen-bond donors (Lipinski definition) is 2. The highest BCUT2D eigenvalue weighted by Crippen LogP contribution is 2.32. The zero-order valence-corrected chi connectivity index (χ0v) is 13.3. The highest BCUT2D eigenvalue weighted by Gasteiger charge is 2.31. The number of rotatable bonds is 6. The van der Waals surface area contributed by atoms with Gasteiger partial charge in [-0.25, -0.2) is 0 Å². The lowest BCUT2D eigenvalue weighted by molar-refractivity contribution is 0.0782. The summed E-state index contributed by atoms with van der Waals surface area (Å²) in [7, 11) is 3.50. The molecule has 1 aliphatic heterocycles. The Bertz CT molecular complexity index is 281. The molecule has 5 nitrogen and oxygen atoms in total. The van der Waals surface area contributed by atoms with Crippen molar-refractivity contribution in [2.45, 2.75) is 30.6 Å². The smallest absolute Gasteiger partial charge is 0.191 e. The van der Waals surface area contributed by atoms with Crippen LogP contribution < -0.4 is 10.6 Å². The molecule has 0 bridgehead atoms. The third-order valence-corrected chi connectivity index (χ3v) is 4.86. The molecule has 1 atom stereocenters. The Hall–Kier alpha value is -0.460. The molecule has 1 fully saturated rings. The van der Waals surface area contributed by atoms with Gasteiger partial charge in [-0.15, -0.1) is 0 Å². The second kappa shape index (κ2) is 8.66. The summed E-state index contributed by atoms with van der Waals surface area (Å²) in [6, 6.07) is 0.246. The van der Waals surface area contributed by atoms with Crippen molar-refractivity contribution in [2.75, 3.05) is 46.8 Å². The normalized spacial score (nSPS) is 20.9. The number of aliphatic imine (C=N–C) groups is 1. The summed E-state index contributed by atoms with van der Waals surface area (Å²) in [5.74, 6) is 0.837. The maximum atomic E-state index is 5.45. The Morgan fingerprint density at radius 3 is 2.68 bits per heavy atom. The van der Waals surface area contributed by atoms with Gasteiger partial charge in [0, 0.05) is 44.7 Å². The molecule has 1 aliphatic rings. The molecule has 0 aromatic rings. The maximum Gasteiger partial charge on any atom is 0.191 e. The van der Waals surface area contributed by atoms with Crippen molar-refractivity contribution in [3.63, 3.8) is 0 Å². The molecule has 6 heteroatoms. The summed E-state index contributed by atoms with van der Waals surface area (Å²) >= 11 is 1.92. The first-order valence-electron chi connectivity index (χ1n) is 6.75. The van der Waals surface area contributed by atoms with Gasteiger partial charge in [0.25, 0.3) is 0 Å². The van der Waals surface area contributed by atoms with E-state index in [1.807, 2.05) is 11.8 Å². The van der Waals surface area contributed by atoms with Gasteiger partial charge in [-0.05, 0) is 26.0 Å². The first-order chi connectivity index (χ1) is 9.15. The second-order valence-corrected chi connectivity index (χ2v) is 6.20. The van der Waals surface area contributed by atoms with Crippen LogP contribution >= 0.6 is 11.8 Å². The van der Waals surface area contributed by atoms with Crippen LogP contribution in [0.2, 0.25) is 0 Å². The van der Waals surface area contributed by atoms with Crippen LogP contribution in [0, 0.1) is 0 Å². The molecule has 1 unspecified atom stereocenters. The van der Waals surface area contributed by atoms with Crippen LogP contribution in [-0.2, 0) is 9.47 Å². The first kappa shape index (κ1) is 16.6. The summed E-state index contributed by atoms with van der Waals surface area (Å²) in [5, 5.41) is 6.75. The minimum Gasteiger partial charge on any atom is -0.383 e. The molecular formula is C13H27N3O2S. The molecule has 1 heterocycles. The Balaban J connectivity index is 2.43. The Kier molecular flexibility index (Phi) is 7.56. The summed E-state index contributed by atoms with van der Waals surface area (Å²) in [6.07, 6.45) is 4.36. The number of methoxy groups -OCH3 is 1. The van der Waals surface area contributed by atoms with Gasteiger partial charge >= 0.3 is 0 Å². The van der Waals surface area contributed by atoms with E-state index in [1.54, 1.807) is 14.2 Å². The van der Waals surface area contributed by atoms with Gasteiger partial charge in [-0.2, -0.15) is 11.8 Å². The summed E-state index contributed by atoms with van der Waals surface area (Å²) in [5.41, 5.74) is 0. The van der Waals surface area contributed by atoms with Crippen molar-refractivity contribution >= 4 is 17.7 Å². The molecule has 1 rings (SSSR count). The SMILES string of the molecule is CN=C(NCC1(SC)CCOCC1)NC(C)COC. The highest BCUT2D eigenvalue weighted by atomic mass is 32.2. The summed E-state index contributed by atoms with van der Waals surface area (Å²) in [6.45, 7) is 5.37. The van der Waals surface area contributed by atoms with E-state index >= 15 is 0 Å². The fourth-order valence-electron chi connectivity index (χ4n) is 2.16. The molecule has 112 valence electrons. The van der Waals surface area contributed by atoms with Crippen LogP contribution in [0.1, 0.15) is 19.8 Å². The number of ether oxygens (including phenoxy) is 2. The van der Waals surface area contributed by atoms with Crippen molar-refractivity contribution in [2.24, 2.45) is 4.99 Å². The minimum absolute atomic E-state index is 0.246. The van der Waals surface area contributed by atoms with Crippen LogP contribution in [0.25, 0.3) is 0 Å². The molecule has 0 aromatic heterocycles. The zero-order chi connectivity index (χ0) is 14.1. The molecule has 0 spiro atoms. The molecule has 0 amide bonds. The average Bonchev–Trinajstić information content (AvgIpc) is 2.44. The van der Waals surface area contributed by atoms with Crippen LogP contribution in [0.3, 0.4) is 0 Å². The fourth-order valence-corrected chi connectivity index (χ4v) is 2.95. The number of nitrogens with one attached hydrogen (secondary N) is 2. The van der Waals surface area contributed by atoms with Gasteiger partial charge in [-0.1, -0.05) is 0 Å². The third kappa shape index (κ3) is 5.58. The van der Waals surface area contributed by atoms with Crippen LogP contribution in [0.5, 0.6) is 0 Å². The topological polar surface area (TPSA) is 54.9 Å². The Labute approximate surface area is 120 Å². The first-order valence-corrected chi connectivity index (χ1v) is 7.97. The van der Waals surface area contributed by atoms with Crippen LogP contribution in [0.15, 0.2) is 4.99 Å². The monoisotopic (exact) mass is 289 g/mol. The molecular weight excluding hydrogens is 262 g/mol. The predicted molar refractivity (Wildman–Crippen MR) is 82.1 cm³/mol. The van der Waals surface area contributed by atoms with E-state index in [0.717, 1.165) is 38.6 Å². The Morgan fingerprint density at radius 1 is 1.47 bits per heavy atom. The molecule has 0 aliphatic carbocycles. The Morgan fingerprint density at radius 2 is 2.16 bits per heavy atom. The molecule has 0 aromatic carbocycles. The lowest BCUT2D eigenvalue weighted by atomic mass is 9.99. The zero-order valence-electron chi connectivity index (χ0n) is 12.5. The quantitative estimate of drug-likeness (QED) is 0.566. The van der Waals surface area contributed by atoms with Crippen molar-refractivity contribution in [3.05, 3.63) is 0 Å². The van der Waals surface area contributed by atoms with Crippen molar-refractivity contribution in [1.29, 1.82) is 0 Å². The molecule has 1 saturated heterocycles. The number of thioether (sulfide) groups is 1. The van der Waals surface area contributed by atoms with Gasteiger partial charge in [-0.3, -0.25) is 4.99 Å². The molecule has 19 heavy (non-hydrogen) atoms. The number of guanidine groups is 1. The van der Waals surface area contributed by atoms with Crippen molar-refractivity contribution in [1.82, 2.24) is 10.6 Å². The highest BCUT2D eigenvalue weighted by molar-refractivity contribution is 8.00. The maximum absolute atomic E-state index is 5.45. The van der Waals surface area contributed by atoms with Gasteiger partial charge in [0.2, 0.25) is 0 Å². The van der Waals surface area contributed by atoms with E-state index < -0.39 is 0 Å². The molecule has 0 saturated carbocycles. The van der Waals surface area contributed by atoms with E-state index in [1.165, 1.54) is 0 Å². The van der Waals surface area contributed by atoms with Gasteiger partial charge in [0.15, 0.2) is 5.96 Å². The second-order valence-electron chi connectivity index (χ2n) is 4.93. The lowest BCUT2D eigenvalue weighted by Gasteiger charge is -2.36. The predicted octanol–water partition coefficient (Wildman–Crippen LogP) is 1.10. The largest absolute Gasteiger partial charge is 0.383 e. The standard InChI is InChI=1S/C13H27N3O2S/c1-11(9-17-3)16-12(14-2)15-10-13(19-4)5-7-18-8-6-13/h11H,5-10H2,1-4H3,(H2,14,15,16). The molecule has 2 N–H and O–H groups in total. The molecule has 0 radical (unpaired) electrons. The van der Waals surface area contributed by atoms with Gasteiger partial charge < -0.3 is 20.1 Å². The summed E-state index contributed by atoms with van der Waals surface area (Å²) in [4.78, 5) is 4.26. The van der Waals surface area contributed by atoms with Crippen LogP contribution in [-0.4, -0.2) is 63.5 Å². The minimum atomic E-state index is 0.246. The fraction of sp³-hybridized carbons (Fsp3) is 0.923. The number of hydrogen-bond acceptors (Lipinski definition) is 4. The van der Waals surface area contributed by atoms with Gasteiger partial charge in [0.1, 0.15) is 0 Å². The number of nitrogens with zero attached hydrogens (tertiary/aromatic N) is 1. The van der Waals surface area contributed by atoms with E-state index in [2.05, 4.69) is 28.8 Å². The third-order valence-electron chi connectivity index (χ3n) is 3.44. The van der Waals surface area contributed by atoms with E-state index in [0.29, 0.717) is 6.61 Å².